The zero-order valence-corrected chi connectivity index (χ0v) is 18.4. The van der Waals surface area contributed by atoms with Crippen molar-refractivity contribution in [1.29, 1.82) is 0 Å². The first-order valence-corrected chi connectivity index (χ1v) is 11.4. The number of aryl methyl sites for hydroxylation is 3. The molecule has 1 aliphatic heterocycles. The van der Waals surface area contributed by atoms with Crippen LogP contribution in [0.1, 0.15) is 37.2 Å². The van der Waals surface area contributed by atoms with Gasteiger partial charge in [0.15, 0.2) is 0 Å². The van der Waals surface area contributed by atoms with Crippen molar-refractivity contribution in [2.75, 3.05) is 30.4 Å². The zero-order valence-electron chi connectivity index (χ0n) is 16.7. The smallest absolute Gasteiger partial charge is 0.254 e. The summed E-state index contributed by atoms with van der Waals surface area (Å²) in [4.78, 5) is 26.6. The summed E-state index contributed by atoms with van der Waals surface area (Å²) >= 11 is 3.89. The van der Waals surface area contributed by atoms with Gasteiger partial charge in [-0.2, -0.15) is 0 Å². The summed E-state index contributed by atoms with van der Waals surface area (Å²) in [6.07, 6.45) is 0. The van der Waals surface area contributed by atoms with E-state index in [4.69, 9.17) is 0 Å². The first-order valence-electron chi connectivity index (χ1n) is 9.31. The second kappa shape index (κ2) is 9.05. The molecular formula is C22H26N2O2S2. The topological polar surface area (TPSA) is 49.4 Å². The third-order valence-electron chi connectivity index (χ3n) is 4.72. The van der Waals surface area contributed by atoms with Gasteiger partial charge in [0.05, 0.1) is 11.1 Å². The predicted octanol–water partition coefficient (Wildman–Crippen LogP) is 4.80. The van der Waals surface area contributed by atoms with Crippen molar-refractivity contribution in [1.82, 2.24) is 4.90 Å². The Kier molecular flexibility index (Phi) is 6.73. The van der Waals surface area contributed by atoms with Gasteiger partial charge in [-0.1, -0.05) is 29.8 Å². The lowest BCUT2D eigenvalue weighted by atomic mass is 10.1. The first kappa shape index (κ1) is 20.8. The highest BCUT2D eigenvalue weighted by Crippen LogP contribution is 2.45. The number of thioether (sulfide) groups is 2. The predicted molar refractivity (Wildman–Crippen MR) is 120 cm³/mol. The molecule has 2 amide bonds. The third-order valence-corrected chi connectivity index (χ3v) is 7.82. The molecule has 0 radical (unpaired) electrons. The van der Waals surface area contributed by atoms with Crippen LogP contribution in [-0.2, 0) is 4.79 Å². The molecule has 1 N–H and O–H groups in total. The largest absolute Gasteiger partial charge is 0.332 e. The highest BCUT2D eigenvalue weighted by molar-refractivity contribution is 8.19. The lowest BCUT2D eigenvalue weighted by molar-refractivity contribution is -0.116. The van der Waals surface area contributed by atoms with Crippen molar-refractivity contribution in [2.24, 2.45) is 0 Å². The molecule has 1 heterocycles. The Morgan fingerprint density at radius 1 is 1.04 bits per heavy atom. The van der Waals surface area contributed by atoms with E-state index < -0.39 is 0 Å². The molecule has 0 spiro atoms. The van der Waals surface area contributed by atoms with E-state index >= 15 is 0 Å². The molecule has 0 unspecified atom stereocenters. The molecule has 2 aromatic carbocycles. The Bertz CT molecular complexity index is 852. The van der Waals surface area contributed by atoms with Gasteiger partial charge in [0.2, 0.25) is 5.91 Å². The number of rotatable bonds is 5. The van der Waals surface area contributed by atoms with E-state index in [0.717, 1.165) is 22.4 Å². The molecule has 0 atom stereocenters. The number of hydrogen-bond donors (Lipinski definition) is 1. The number of likely N-dealkylation sites (N-methyl/N-ethyl adjacent to an activating group) is 1. The summed E-state index contributed by atoms with van der Waals surface area (Å²) in [5.41, 5.74) is 5.89. The zero-order chi connectivity index (χ0) is 20.3. The van der Waals surface area contributed by atoms with E-state index in [1.165, 1.54) is 22.0 Å². The molecule has 1 aliphatic rings. The Balaban J connectivity index is 1.61. The molecule has 2 aromatic rings. The number of nitrogens with one attached hydrogen (secondary N) is 1. The number of anilines is 1. The quantitative estimate of drug-likeness (QED) is 0.763. The van der Waals surface area contributed by atoms with Crippen molar-refractivity contribution in [2.45, 2.75) is 25.4 Å². The molecule has 3 rings (SSSR count). The molecule has 0 bridgehead atoms. The molecule has 0 aliphatic carbocycles. The van der Waals surface area contributed by atoms with E-state index in [1.54, 1.807) is 7.05 Å². The third kappa shape index (κ3) is 4.92. The average Bonchev–Trinajstić information content (AvgIpc) is 3.19. The van der Waals surface area contributed by atoms with Crippen molar-refractivity contribution < 1.29 is 9.59 Å². The van der Waals surface area contributed by atoms with E-state index in [0.29, 0.717) is 10.1 Å². The molecule has 28 heavy (non-hydrogen) atoms. The van der Waals surface area contributed by atoms with Gasteiger partial charge in [0, 0.05) is 29.8 Å². The molecule has 0 saturated carbocycles. The molecule has 0 aromatic heterocycles. The van der Waals surface area contributed by atoms with Gasteiger partial charge in [0.25, 0.3) is 5.91 Å². The fraction of sp³-hybridized carbons (Fsp3) is 0.364. The van der Waals surface area contributed by atoms with E-state index in [2.05, 4.69) is 5.32 Å². The number of benzene rings is 2. The summed E-state index contributed by atoms with van der Waals surface area (Å²) in [7, 11) is 1.66. The molecular weight excluding hydrogens is 388 g/mol. The van der Waals surface area contributed by atoms with Gasteiger partial charge >= 0.3 is 0 Å². The number of nitrogens with zero attached hydrogens (tertiary/aromatic N) is 1. The van der Waals surface area contributed by atoms with Gasteiger partial charge in [-0.15, -0.1) is 23.5 Å². The summed E-state index contributed by atoms with van der Waals surface area (Å²) in [6, 6.07) is 11.9. The fourth-order valence-electron chi connectivity index (χ4n) is 3.40. The van der Waals surface area contributed by atoms with Crippen molar-refractivity contribution >= 4 is 41.0 Å². The SMILES string of the molecule is Cc1cc(C)c(NC(=O)CN(C)C(=O)c2ccc(C3SCCS3)cc2)c(C)c1. The van der Waals surface area contributed by atoms with Gasteiger partial charge in [0.1, 0.15) is 0 Å². The minimum atomic E-state index is -0.193. The van der Waals surface area contributed by atoms with Crippen LogP contribution in [-0.4, -0.2) is 41.8 Å². The Morgan fingerprint density at radius 2 is 1.61 bits per heavy atom. The maximum Gasteiger partial charge on any atom is 0.254 e. The van der Waals surface area contributed by atoms with Crippen molar-refractivity contribution in [3.05, 3.63) is 64.2 Å². The van der Waals surface area contributed by atoms with Crippen LogP contribution in [0.5, 0.6) is 0 Å². The van der Waals surface area contributed by atoms with Crippen LogP contribution in [0, 0.1) is 20.8 Å². The van der Waals surface area contributed by atoms with E-state index in [-0.39, 0.29) is 18.4 Å². The van der Waals surface area contributed by atoms with Crippen LogP contribution < -0.4 is 5.32 Å². The number of amides is 2. The summed E-state index contributed by atoms with van der Waals surface area (Å²) < 4.78 is 0.466. The maximum absolute atomic E-state index is 12.7. The van der Waals surface area contributed by atoms with Gasteiger partial charge < -0.3 is 10.2 Å². The minimum Gasteiger partial charge on any atom is -0.332 e. The van der Waals surface area contributed by atoms with Gasteiger partial charge in [-0.05, 0) is 49.6 Å². The summed E-state index contributed by atoms with van der Waals surface area (Å²) in [6.45, 7) is 6.01. The van der Waals surface area contributed by atoms with Gasteiger partial charge in [-0.3, -0.25) is 9.59 Å². The maximum atomic E-state index is 12.7. The first-order chi connectivity index (χ1) is 13.3. The lowest BCUT2D eigenvalue weighted by Crippen LogP contribution is -2.35. The van der Waals surface area contributed by atoms with Crippen molar-refractivity contribution in [3.63, 3.8) is 0 Å². The molecule has 6 heteroatoms. The molecule has 1 saturated heterocycles. The van der Waals surface area contributed by atoms with Crippen LogP contribution in [0.3, 0.4) is 0 Å². The van der Waals surface area contributed by atoms with E-state index in [9.17, 15) is 9.59 Å². The highest BCUT2D eigenvalue weighted by Gasteiger charge is 2.20. The summed E-state index contributed by atoms with van der Waals surface area (Å²) in [5, 5.41) is 2.95. The second-order valence-corrected chi connectivity index (χ2v) is 9.90. The lowest BCUT2D eigenvalue weighted by Gasteiger charge is -2.19. The van der Waals surface area contributed by atoms with Crippen LogP contribution in [0.4, 0.5) is 5.69 Å². The highest BCUT2D eigenvalue weighted by atomic mass is 32.2. The standard InChI is InChI=1S/C22H26N2O2S2/c1-14-11-15(2)20(16(3)12-14)23-19(25)13-24(4)21(26)17-5-7-18(8-6-17)22-27-9-10-28-22/h5-8,11-12,22H,9-10,13H2,1-4H3,(H,23,25). The Labute approximate surface area is 175 Å². The van der Waals surface area contributed by atoms with Crippen molar-refractivity contribution in [3.8, 4) is 0 Å². The fourth-order valence-corrected chi connectivity index (χ4v) is 6.26. The Morgan fingerprint density at radius 3 is 2.18 bits per heavy atom. The number of carbonyl (C=O) groups is 2. The van der Waals surface area contributed by atoms with Crippen LogP contribution in [0.15, 0.2) is 36.4 Å². The Hall–Kier alpha value is -1.92. The van der Waals surface area contributed by atoms with Crippen LogP contribution >= 0.6 is 23.5 Å². The second-order valence-electron chi connectivity index (χ2n) is 7.18. The molecule has 1 fully saturated rings. The number of carbonyl (C=O) groups excluding carboxylic acids is 2. The van der Waals surface area contributed by atoms with Crippen LogP contribution in [0.25, 0.3) is 0 Å². The average molecular weight is 415 g/mol. The molecule has 4 nitrogen and oxygen atoms in total. The normalized spacial score (nSPS) is 14.1. The minimum absolute atomic E-state index is 0.0155. The van der Waals surface area contributed by atoms with Gasteiger partial charge in [-0.25, -0.2) is 0 Å². The summed E-state index contributed by atoms with van der Waals surface area (Å²) in [5.74, 6) is 2.01. The molecule has 148 valence electrons. The van der Waals surface area contributed by atoms with Crippen LogP contribution in [0.2, 0.25) is 0 Å². The monoisotopic (exact) mass is 414 g/mol. The van der Waals surface area contributed by atoms with E-state index in [1.807, 2.05) is 80.7 Å². The number of hydrogen-bond acceptors (Lipinski definition) is 4.